The van der Waals surface area contributed by atoms with Crippen LogP contribution in [-0.2, 0) is 9.53 Å². The molecular formula is C17H24O2S. The summed E-state index contributed by atoms with van der Waals surface area (Å²) in [5, 5.41) is 0.410. The molecule has 110 valence electrons. The second-order valence-electron chi connectivity index (χ2n) is 5.53. The quantitative estimate of drug-likeness (QED) is 0.733. The average molecular weight is 292 g/mol. The summed E-state index contributed by atoms with van der Waals surface area (Å²) in [5.41, 5.74) is 1.28. The number of benzene rings is 1. The molecule has 0 unspecified atom stereocenters. The summed E-state index contributed by atoms with van der Waals surface area (Å²) in [6.07, 6.45) is 6.07. The third-order valence-corrected chi connectivity index (χ3v) is 5.07. The van der Waals surface area contributed by atoms with E-state index in [1.165, 1.54) is 23.3 Å². The first-order valence-corrected chi connectivity index (χ1v) is 8.50. The minimum atomic E-state index is -0.0334. The van der Waals surface area contributed by atoms with Crippen LogP contribution in [0.3, 0.4) is 0 Å². The van der Waals surface area contributed by atoms with Crippen molar-refractivity contribution >= 4 is 17.7 Å². The van der Waals surface area contributed by atoms with Crippen LogP contribution in [0.1, 0.15) is 51.0 Å². The Bertz CT molecular complexity index is 427. The van der Waals surface area contributed by atoms with Crippen LogP contribution in [0.2, 0.25) is 0 Å². The second kappa shape index (κ2) is 7.72. The highest BCUT2D eigenvalue weighted by atomic mass is 32.2. The Morgan fingerprint density at radius 1 is 1.25 bits per heavy atom. The van der Waals surface area contributed by atoms with Crippen molar-refractivity contribution in [2.45, 2.75) is 68.6 Å². The van der Waals surface area contributed by atoms with Crippen molar-refractivity contribution in [3.05, 3.63) is 29.8 Å². The van der Waals surface area contributed by atoms with Gasteiger partial charge in [-0.15, -0.1) is 11.8 Å². The molecular weight excluding hydrogens is 268 g/mol. The Hall–Kier alpha value is -0.960. The zero-order chi connectivity index (χ0) is 14.4. The first-order chi connectivity index (χ1) is 9.69. The highest BCUT2D eigenvalue weighted by molar-refractivity contribution is 8.00. The van der Waals surface area contributed by atoms with Gasteiger partial charge in [0.25, 0.3) is 0 Å². The Balaban J connectivity index is 1.95. The smallest absolute Gasteiger partial charge is 0.306 e. The number of ether oxygens (including phenoxy) is 1. The minimum Gasteiger partial charge on any atom is -0.461 e. The summed E-state index contributed by atoms with van der Waals surface area (Å²) >= 11 is 1.86. The first-order valence-electron chi connectivity index (χ1n) is 7.62. The zero-order valence-corrected chi connectivity index (χ0v) is 13.2. The summed E-state index contributed by atoms with van der Waals surface area (Å²) < 4.78 is 5.68. The van der Waals surface area contributed by atoms with Gasteiger partial charge in [-0.05, 0) is 44.7 Å². The van der Waals surface area contributed by atoms with Crippen LogP contribution in [0.15, 0.2) is 29.2 Å². The molecule has 0 amide bonds. The lowest BCUT2D eigenvalue weighted by atomic mass is 9.97. The normalized spacial score (nSPS) is 22.5. The number of aryl methyl sites for hydroxylation is 1. The highest BCUT2D eigenvalue weighted by Gasteiger charge is 2.28. The predicted molar refractivity (Wildman–Crippen MR) is 84.1 cm³/mol. The molecule has 0 aliphatic heterocycles. The fourth-order valence-corrected chi connectivity index (χ4v) is 3.83. The molecule has 1 aromatic carbocycles. The molecule has 2 rings (SSSR count). The molecule has 1 aliphatic carbocycles. The molecule has 0 spiro atoms. The first kappa shape index (κ1) is 15.4. The molecule has 2 nitrogen and oxygen atoms in total. The lowest BCUT2D eigenvalue weighted by molar-refractivity contribution is -0.150. The van der Waals surface area contributed by atoms with Gasteiger partial charge in [-0.3, -0.25) is 4.79 Å². The van der Waals surface area contributed by atoms with E-state index in [1.54, 1.807) is 0 Å². The predicted octanol–water partition coefficient (Wildman–Crippen LogP) is 4.74. The van der Waals surface area contributed by atoms with Gasteiger partial charge in [-0.2, -0.15) is 0 Å². The number of esters is 1. The molecule has 20 heavy (non-hydrogen) atoms. The number of carbonyl (C=O) groups excluding carboxylic acids is 1. The summed E-state index contributed by atoms with van der Waals surface area (Å²) in [7, 11) is 0. The second-order valence-corrected chi connectivity index (χ2v) is 6.84. The van der Waals surface area contributed by atoms with Gasteiger partial charge in [0.2, 0.25) is 0 Å². The van der Waals surface area contributed by atoms with E-state index in [2.05, 4.69) is 31.2 Å². The topological polar surface area (TPSA) is 26.3 Å². The molecule has 0 saturated heterocycles. The van der Waals surface area contributed by atoms with Crippen molar-refractivity contribution < 1.29 is 9.53 Å². The van der Waals surface area contributed by atoms with Crippen LogP contribution in [0, 0.1) is 6.92 Å². The molecule has 2 atom stereocenters. The Labute approximate surface area is 126 Å². The fraction of sp³-hybridized carbons (Fsp3) is 0.588. The molecule has 0 N–H and O–H groups in total. The van der Waals surface area contributed by atoms with Crippen molar-refractivity contribution in [1.29, 1.82) is 0 Å². The lowest BCUT2D eigenvalue weighted by Crippen LogP contribution is -2.32. The molecule has 1 saturated carbocycles. The van der Waals surface area contributed by atoms with E-state index < -0.39 is 0 Å². The number of carbonyl (C=O) groups is 1. The van der Waals surface area contributed by atoms with Crippen molar-refractivity contribution in [2.24, 2.45) is 0 Å². The van der Waals surface area contributed by atoms with E-state index in [0.717, 1.165) is 19.3 Å². The third kappa shape index (κ3) is 4.55. The van der Waals surface area contributed by atoms with Gasteiger partial charge in [0.05, 0.1) is 0 Å². The van der Waals surface area contributed by atoms with E-state index in [1.807, 2.05) is 18.7 Å². The molecule has 0 aromatic heterocycles. The summed E-state index contributed by atoms with van der Waals surface area (Å²) in [4.78, 5) is 13.0. The monoisotopic (exact) mass is 292 g/mol. The van der Waals surface area contributed by atoms with E-state index in [-0.39, 0.29) is 12.1 Å². The summed E-state index contributed by atoms with van der Waals surface area (Å²) in [6, 6.07) is 8.62. The van der Waals surface area contributed by atoms with Crippen molar-refractivity contribution in [2.75, 3.05) is 0 Å². The lowest BCUT2D eigenvalue weighted by Gasteiger charge is -2.30. The maximum Gasteiger partial charge on any atom is 0.306 e. The number of rotatable bonds is 5. The van der Waals surface area contributed by atoms with Crippen LogP contribution >= 0.6 is 11.8 Å². The van der Waals surface area contributed by atoms with Gasteiger partial charge in [-0.1, -0.05) is 31.0 Å². The van der Waals surface area contributed by atoms with Crippen molar-refractivity contribution in [3.8, 4) is 0 Å². The largest absolute Gasteiger partial charge is 0.461 e. The van der Waals surface area contributed by atoms with Crippen LogP contribution in [0.25, 0.3) is 0 Å². The maximum absolute atomic E-state index is 11.7. The average Bonchev–Trinajstić information content (AvgIpc) is 2.44. The number of hydrogen-bond donors (Lipinski definition) is 0. The minimum absolute atomic E-state index is 0.0334. The number of thioether (sulfide) groups is 1. The molecule has 3 heteroatoms. The molecule has 1 aromatic rings. The van der Waals surface area contributed by atoms with Crippen LogP contribution in [0.4, 0.5) is 0 Å². The van der Waals surface area contributed by atoms with Gasteiger partial charge in [0, 0.05) is 16.6 Å². The van der Waals surface area contributed by atoms with E-state index >= 15 is 0 Å². The van der Waals surface area contributed by atoms with Gasteiger partial charge >= 0.3 is 5.97 Å². The zero-order valence-electron chi connectivity index (χ0n) is 12.4. The molecule has 1 fully saturated rings. The van der Waals surface area contributed by atoms with E-state index in [4.69, 9.17) is 4.74 Å². The molecule has 1 aliphatic rings. The van der Waals surface area contributed by atoms with Crippen LogP contribution in [0.5, 0.6) is 0 Å². The third-order valence-electron chi connectivity index (χ3n) is 3.69. The molecule has 0 bridgehead atoms. The summed E-state index contributed by atoms with van der Waals surface area (Å²) in [6.45, 7) is 4.12. The highest BCUT2D eigenvalue weighted by Crippen LogP contribution is 2.35. The maximum atomic E-state index is 11.7. The van der Waals surface area contributed by atoms with E-state index in [0.29, 0.717) is 11.7 Å². The Morgan fingerprint density at radius 3 is 2.65 bits per heavy atom. The SMILES string of the molecule is CCCC(=O)O[C@H]1CCCC[C@H]1Sc1ccc(C)cc1. The van der Waals surface area contributed by atoms with Crippen LogP contribution < -0.4 is 0 Å². The number of hydrogen-bond acceptors (Lipinski definition) is 3. The fourth-order valence-electron chi connectivity index (χ4n) is 2.56. The van der Waals surface area contributed by atoms with E-state index in [9.17, 15) is 4.79 Å². The van der Waals surface area contributed by atoms with Crippen molar-refractivity contribution in [1.82, 2.24) is 0 Å². The van der Waals surface area contributed by atoms with Crippen LogP contribution in [-0.4, -0.2) is 17.3 Å². The van der Waals surface area contributed by atoms with Gasteiger partial charge < -0.3 is 4.74 Å². The van der Waals surface area contributed by atoms with Crippen molar-refractivity contribution in [3.63, 3.8) is 0 Å². The molecule has 0 heterocycles. The standard InChI is InChI=1S/C17H24O2S/c1-3-6-17(18)19-15-7-4-5-8-16(15)20-14-11-9-13(2)10-12-14/h9-12,15-16H,3-8H2,1-2H3/t15-,16+/m0/s1. The summed E-state index contributed by atoms with van der Waals surface area (Å²) in [5.74, 6) is -0.0334. The van der Waals surface area contributed by atoms with Gasteiger partial charge in [-0.25, -0.2) is 0 Å². The van der Waals surface area contributed by atoms with Gasteiger partial charge in [0.15, 0.2) is 0 Å². The molecule has 0 radical (unpaired) electrons. The Morgan fingerprint density at radius 2 is 1.95 bits per heavy atom. The Kier molecular flexibility index (Phi) is 5.96. The van der Waals surface area contributed by atoms with Gasteiger partial charge in [0.1, 0.15) is 6.10 Å².